The SMILES string of the molecule is COc1ccc(Cn2c(CCc3ccccc3)nnc2[C@@H](Cc2c[nH]c3ccccc23)NC(=O)CNC(=O)Cc2ccc(O)cc2)cc1. The number of methoxy groups -OCH3 is 1. The maximum atomic E-state index is 13.4. The molecule has 0 spiro atoms. The molecule has 0 aliphatic heterocycles. The number of aromatic amines is 1. The van der Waals surface area contributed by atoms with Crippen molar-refractivity contribution in [1.82, 2.24) is 30.4 Å². The first kappa shape index (κ1) is 32.1. The van der Waals surface area contributed by atoms with Crippen LogP contribution in [0.4, 0.5) is 0 Å². The van der Waals surface area contributed by atoms with E-state index in [1.807, 2.05) is 66.9 Å². The van der Waals surface area contributed by atoms with Crippen molar-refractivity contribution in [3.63, 3.8) is 0 Å². The number of H-pyrrole nitrogens is 1. The number of carbonyl (C=O) groups is 2. The van der Waals surface area contributed by atoms with Gasteiger partial charge in [-0.05, 0) is 59.0 Å². The Morgan fingerprint density at radius 2 is 1.56 bits per heavy atom. The van der Waals surface area contributed by atoms with E-state index in [4.69, 9.17) is 4.74 Å². The minimum Gasteiger partial charge on any atom is -0.508 e. The molecule has 2 heterocycles. The number of aryl methyl sites for hydroxylation is 2. The number of ether oxygens (including phenoxy) is 1. The minimum atomic E-state index is -0.540. The third-order valence-corrected chi connectivity index (χ3v) is 8.33. The van der Waals surface area contributed by atoms with Gasteiger partial charge in [0, 0.05) is 29.9 Å². The van der Waals surface area contributed by atoms with Crippen LogP contribution >= 0.6 is 0 Å². The van der Waals surface area contributed by atoms with Gasteiger partial charge in [0.2, 0.25) is 11.8 Å². The Labute approximate surface area is 278 Å². The molecule has 2 amide bonds. The molecule has 10 heteroatoms. The number of hydrogen-bond donors (Lipinski definition) is 4. The zero-order valence-electron chi connectivity index (χ0n) is 26.7. The van der Waals surface area contributed by atoms with E-state index in [1.54, 1.807) is 19.2 Å². The largest absolute Gasteiger partial charge is 0.508 e. The molecule has 0 unspecified atom stereocenters. The second kappa shape index (κ2) is 15.1. The van der Waals surface area contributed by atoms with Crippen molar-refractivity contribution in [1.29, 1.82) is 0 Å². The number of aromatic nitrogens is 4. The van der Waals surface area contributed by atoms with Gasteiger partial charge in [0.25, 0.3) is 0 Å². The summed E-state index contributed by atoms with van der Waals surface area (Å²) >= 11 is 0. The average Bonchev–Trinajstić information content (AvgIpc) is 3.71. The molecule has 0 bridgehead atoms. The summed E-state index contributed by atoms with van der Waals surface area (Å²) in [6, 6.07) is 32.0. The van der Waals surface area contributed by atoms with Gasteiger partial charge in [-0.25, -0.2) is 0 Å². The Morgan fingerprint density at radius 1 is 0.833 bits per heavy atom. The summed E-state index contributed by atoms with van der Waals surface area (Å²) in [5.74, 6) is 1.69. The monoisotopic (exact) mass is 642 g/mol. The zero-order chi connectivity index (χ0) is 33.3. The maximum absolute atomic E-state index is 13.4. The lowest BCUT2D eigenvalue weighted by molar-refractivity contribution is -0.126. The highest BCUT2D eigenvalue weighted by Crippen LogP contribution is 2.26. The highest BCUT2D eigenvalue weighted by molar-refractivity contribution is 5.86. The molecule has 0 radical (unpaired) electrons. The standard InChI is InChI=1S/C38H38N6O4/c1-48-31-18-13-28(14-19-31)25-44-35(20-15-26-7-3-2-4-8-26)42-43-38(44)34(22-29-23-39-33-10-6-5-9-32(29)33)41-37(47)24-40-36(46)21-27-11-16-30(45)17-12-27/h2-14,16-19,23,34,39,45H,15,20-22,24-25H2,1H3,(H,40,46)(H,41,47)/t34-/m1/s1. The highest BCUT2D eigenvalue weighted by atomic mass is 16.5. The number of nitrogens with zero attached hydrogens (tertiary/aromatic N) is 3. The van der Waals surface area contributed by atoms with E-state index < -0.39 is 6.04 Å². The van der Waals surface area contributed by atoms with Gasteiger partial charge in [0.15, 0.2) is 5.82 Å². The van der Waals surface area contributed by atoms with Crippen molar-refractivity contribution in [2.24, 2.45) is 0 Å². The Kier molecular flexibility index (Phi) is 10.1. The number of phenolic OH excluding ortho intramolecular Hbond substituents is 1. The fourth-order valence-corrected chi connectivity index (χ4v) is 5.79. The fourth-order valence-electron chi connectivity index (χ4n) is 5.79. The average molecular weight is 643 g/mol. The van der Waals surface area contributed by atoms with Crippen LogP contribution < -0.4 is 15.4 Å². The Bertz CT molecular complexity index is 1970. The third kappa shape index (κ3) is 8.08. The summed E-state index contributed by atoms with van der Waals surface area (Å²) in [5.41, 5.74) is 5.00. The molecule has 0 fully saturated rings. The van der Waals surface area contributed by atoms with Gasteiger partial charge in [0.1, 0.15) is 17.3 Å². The van der Waals surface area contributed by atoms with Gasteiger partial charge < -0.3 is 30.0 Å². The molecule has 4 N–H and O–H groups in total. The molecule has 10 nitrogen and oxygen atoms in total. The van der Waals surface area contributed by atoms with Crippen molar-refractivity contribution in [2.45, 2.75) is 38.3 Å². The van der Waals surface area contributed by atoms with Crippen LogP contribution in [0.15, 0.2) is 109 Å². The number of para-hydroxylation sites is 1. The van der Waals surface area contributed by atoms with E-state index in [0.29, 0.717) is 25.2 Å². The maximum Gasteiger partial charge on any atom is 0.239 e. The van der Waals surface area contributed by atoms with Gasteiger partial charge in [-0.15, -0.1) is 10.2 Å². The summed E-state index contributed by atoms with van der Waals surface area (Å²) in [7, 11) is 1.64. The van der Waals surface area contributed by atoms with Crippen LogP contribution in [0.25, 0.3) is 10.9 Å². The predicted molar refractivity (Wildman–Crippen MR) is 184 cm³/mol. The summed E-state index contributed by atoms with van der Waals surface area (Å²) in [5, 5.41) is 25.8. The van der Waals surface area contributed by atoms with Crippen LogP contribution in [0, 0.1) is 0 Å². The van der Waals surface area contributed by atoms with Gasteiger partial charge in [0.05, 0.1) is 32.7 Å². The van der Waals surface area contributed by atoms with Gasteiger partial charge in [-0.3, -0.25) is 9.59 Å². The first-order valence-corrected chi connectivity index (χ1v) is 15.9. The molecule has 0 saturated carbocycles. The number of fused-ring (bicyclic) bond motifs is 1. The lowest BCUT2D eigenvalue weighted by atomic mass is 10.0. The van der Waals surface area contributed by atoms with Crippen molar-refractivity contribution in [2.75, 3.05) is 13.7 Å². The van der Waals surface area contributed by atoms with Gasteiger partial charge in [-0.2, -0.15) is 0 Å². The number of rotatable bonds is 14. The molecule has 0 saturated heterocycles. The normalized spacial score (nSPS) is 11.7. The van der Waals surface area contributed by atoms with E-state index in [2.05, 4.69) is 48.6 Å². The van der Waals surface area contributed by atoms with E-state index in [-0.39, 0.29) is 30.5 Å². The van der Waals surface area contributed by atoms with E-state index in [9.17, 15) is 14.7 Å². The van der Waals surface area contributed by atoms with Crippen LogP contribution in [-0.4, -0.2) is 50.3 Å². The Morgan fingerprint density at radius 3 is 2.33 bits per heavy atom. The van der Waals surface area contributed by atoms with Gasteiger partial charge >= 0.3 is 0 Å². The smallest absolute Gasteiger partial charge is 0.239 e. The second-order valence-corrected chi connectivity index (χ2v) is 11.7. The number of aromatic hydroxyl groups is 1. The second-order valence-electron chi connectivity index (χ2n) is 11.7. The molecule has 48 heavy (non-hydrogen) atoms. The molecule has 1 atom stereocenters. The fraction of sp³-hybridized carbons (Fsp3) is 0.211. The minimum absolute atomic E-state index is 0.0906. The lowest BCUT2D eigenvalue weighted by Crippen LogP contribution is -2.40. The van der Waals surface area contributed by atoms with Crippen molar-refractivity contribution in [3.05, 3.63) is 143 Å². The van der Waals surface area contributed by atoms with Crippen molar-refractivity contribution < 1.29 is 19.4 Å². The number of hydrogen-bond acceptors (Lipinski definition) is 6. The predicted octanol–water partition coefficient (Wildman–Crippen LogP) is 5.07. The lowest BCUT2D eigenvalue weighted by Gasteiger charge is -2.20. The summed E-state index contributed by atoms with van der Waals surface area (Å²) in [6.07, 6.45) is 3.95. The first-order valence-electron chi connectivity index (χ1n) is 15.9. The molecular weight excluding hydrogens is 604 g/mol. The highest BCUT2D eigenvalue weighted by Gasteiger charge is 2.25. The molecule has 6 rings (SSSR count). The number of nitrogens with one attached hydrogen (secondary N) is 3. The topological polar surface area (TPSA) is 134 Å². The van der Waals surface area contributed by atoms with Crippen LogP contribution in [0.3, 0.4) is 0 Å². The van der Waals surface area contributed by atoms with Crippen LogP contribution in [-0.2, 0) is 41.8 Å². The molecular formula is C38H38N6O4. The van der Waals surface area contributed by atoms with E-state index in [0.717, 1.165) is 45.6 Å². The van der Waals surface area contributed by atoms with E-state index >= 15 is 0 Å². The van der Waals surface area contributed by atoms with Gasteiger partial charge in [-0.1, -0.05) is 72.8 Å². The first-order chi connectivity index (χ1) is 23.4. The quantitative estimate of drug-likeness (QED) is 0.131. The molecule has 2 aromatic heterocycles. The Balaban J connectivity index is 1.27. The van der Waals surface area contributed by atoms with Crippen LogP contribution in [0.2, 0.25) is 0 Å². The van der Waals surface area contributed by atoms with Crippen molar-refractivity contribution >= 4 is 22.7 Å². The molecule has 244 valence electrons. The molecule has 0 aliphatic carbocycles. The summed E-state index contributed by atoms with van der Waals surface area (Å²) < 4.78 is 7.46. The molecule has 6 aromatic rings. The third-order valence-electron chi connectivity index (χ3n) is 8.33. The Hall–Kier alpha value is -5.90. The summed E-state index contributed by atoms with van der Waals surface area (Å²) in [4.78, 5) is 29.4. The van der Waals surface area contributed by atoms with Crippen LogP contribution in [0.5, 0.6) is 11.5 Å². The number of benzene rings is 4. The molecule has 4 aromatic carbocycles. The number of carbonyl (C=O) groups excluding carboxylic acids is 2. The molecule has 0 aliphatic rings. The number of amides is 2. The summed E-state index contributed by atoms with van der Waals surface area (Å²) in [6.45, 7) is 0.300. The number of phenols is 1. The van der Waals surface area contributed by atoms with Crippen molar-refractivity contribution in [3.8, 4) is 11.5 Å². The van der Waals surface area contributed by atoms with Crippen LogP contribution in [0.1, 0.15) is 39.9 Å². The van der Waals surface area contributed by atoms with E-state index in [1.165, 1.54) is 17.7 Å². The zero-order valence-corrected chi connectivity index (χ0v) is 26.7.